The number of hydrogen-bond donors (Lipinski definition) is 2. The van der Waals surface area contributed by atoms with Crippen molar-refractivity contribution in [2.24, 2.45) is 11.3 Å². The van der Waals surface area contributed by atoms with Crippen LogP contribution in [-0.4, -0.2) is 38.5 Å². The van der Waals surface area contributed by atoms with Gasteiger partial charge in [-0.3, -0.25) is 9.59 Å². The van der Waals surface area contributed by atoms with Crippen LogP contribution >= 0.6 is 0 Å². The highest BCUT2D eigenvalue weighted by atomic mass is 16.5. The van der Waals surface area contributed by atoms with Crippen LogP contribution in [0.4, 0.5) is 0 Å². The monoisotopic (exact) mass is 344 g/mol. The molecule has 0 saturated carbocycles. The van der Waals surface area contributed by atoms with Gasteiger partial charge in [-0.2, -0.15) is 0 Å². The molecule has 0 atom stereocenters. The molecule has 0 aromatic rings. The third-order valence-corrected chi connectivity index (χ3v) is 3.10. The van der Waals surface area contributed by atoms with Crippen molar-refractivity contribution in [3.63, 3.8) is 0 Å². The first-order valence-electron chi connectivity index (χ1n) is 8.89. The fourth-order valence-electron chi connectivity index (χ4n) is 1.98. The molecule has 0 rings (SSSR count). The zero-order valence-corrected chi connectivity index (χ0v) is 16.1. The normalized spacial score (nSPS) is 11.6. The summed E-state index contributed by atoms with van der Waals surface area (Å²) in [5.41, 5.74) is -0.00165. The molecule has 0 unspecified atom stereocenters. The predicted octanol–water partition coefficient (Wildman–Crippen LogP) is 2.82. The number of carbonyl (C=O) groups is 2. The molecule has 0 fully saturated rings. The molecular formula is C18H36N2O4. The minimum Gasteiger partial charge on any atom is -0.361 e. The maximum absolute atomic E-state index is 11.6. The van der Waals surface area contributed by atoms with E-state index in [1.54, 1.807) is 0 Å². The maximum Gasteiger partial charge on any atom is 0.222 e. The Bertz CT molecular complexity index is 351. The summed E-state index contributed by atoms with van der Waals surface area (Å²) in [6, 6.07) is 0. The van der Waals surface area contributed by atoms with E-state index in [4.69, 9.17) is 9.47 Å². The zero-order valence-electron chi connectivity index (χ0n) is 16.1. The second kappa shape index (κ2) is 13.2. The van der Waals surface area contributed by atoms with Crippen LogP contribution in [0.5, 0.6) is 0 Å². The average molecular weight is 344 g/mol. The fourth-order valence-corrected chi connectivity index (χ4v) is 1.98. The molecule has 2 amide bonds. The van der Waals surface area contributed by atoms with Crippen LogP contribution < -0.4 is 10.6 Å². The third kappa shape index (κ3) is 17.2. The minimum atomic E-state index is -0.00165. The Hall–Kier alpha value is -1.14. The van der Waals surface area contributed by atoms with E-state index in [9.17, 15) is 9.59 Å². The second-order valence-electron chi connectivity index (χ2n) is 7.70. The molecular weight excluding hydrogens is 308 g/mol. The lowest BCUT2D eigenvalue weighted by Crippen LogP contribution is -2.29. The topological polar surface area (TPSA) is 76.7 Å². The molecule has 6 nitrogen and oxygen atoms in total. The number of unbranched alkanes of at least 4 members (excludes halogenated alkanes) is 2. The van der Waals surface area contributed by atoms with Crippen LogP contribution in [-0.2, 0) is 19.1 Å². The first kappa shape index (κ1) is 22.9. The number of carbonyl (C=O) groups excluding carboxylic acids is 2. The number of hydrogen-bond acceptors (Lipinski definition) is 4. The van der Waals surface area contributed by atoms with Gasteiger partial charge in [-0.05, 0) is 30.6 Å². The fraction of sp³-hybridized carbons (Fsp3) is 0.889. The maximum atomic E-state index is 11.6. The molecule has 0 spiro atoms. The van der Waals surface area contributed by atoms with Crippen LogP contribution in [0.3, 0.4) is 0 Å². The number of amides is 2. The lowest BCUT2D eigenvalue weighted by molar-refractivity contribution is -0.125. The average Bonchev–Trinajstić information content (AvgIpc) is 2.42. The Morgan fingerprint density at radius 2 is 1.38 bits per heavy atom. The second-order valence-corrected chi connectivity index (χ2v) is 7.70. The molecule has 0 bridgehead atoms. The van der Waals surface area contributed by atoms with Gasteiger partial charge in [0.25, 0.3) is 0 Å². The van der Waals surface area contributed by atoms with Gasteiger partial charge in [-0.25, -0.2) is 0 Å². The summed E-state index contributed by atoms with van der Waals surface area (Å²) in [6.07, 6.45) is 3.89. The van der Waals surface area contributed by atoms with E-state index in [0.29, 0.717) is 32.0 Å². The van der Waals surface area contributed by atoms with Gasteiger partial charge in [0.2, 0.25) is 11.8 Å². The van der Waals surface area contributed by atoms with Crippen LogP contribution in [0.2, 0.25) is 0 Å². The van der Waals surface area contributed by atoms with E-state index in [-0.39, 0.29) is 30.7 Å². The summed E-state index contributed by atoms with van der Waals surface area (Å²) in [4.78, 5) is 22.9. The van der Waals surface area contributed by atoms with Crippen molar-refractivity contribution in [3.05, 3.63) is 0 Å². The van der Waals surface area contributed by atoms with E-state index in [1.165, 1.54) is 0 Å². The number of ether oxygens (including phenoxy) is 2. The molecule has 0 saturated heterocycles. The lowest BCUT2D eigenvalue weighted by atomic mass is 9.92. The predicted molar refractivity (Wildman–Crippen MR) is 95.3 cm³/mol. The Labute approximate surface area is 147 Å². The third-order valence-electron chi connectivity index (χ3n) is 3.10. The van der Waals surface area contributed by atoms with Crippen LogP contribution in [0.15, 0.2) is 0 Å². The van der Waals surface area contributed by atoms with Crippen molar-refractivity contribution < 1.29 is 19.1 Å². The Morgan fingerprint density at radius 3 is 1.83 bits per heavy atom. The molecule has 0 heterocycles. The van der Waals surface area contributed by atoms with Gasteiger partial charge in [0.05, 0.1) is 0 Å². The highest BCUT2D eigenvalue weighted by Crippen LogP contribution is 2.17. The van der Waals surface area contributed by atoms with Crippen LogP contribution in [0.25, 0.3) is 0 Å². The van der Waals surface area contributed by atoms with Gasteiger partial charge < -0.3 is 20.1 Å². The smallest absolute Gasteiger partial charge is 0.222 e. The van der Waals surface area contributed by atoms with E-state index >= 15 is 0 Å². The number of nitrogens with one attached hydrogen (secondary N) is 2. The van der Waals surface area contributed by atoms with Gasteiger partial charge in [-0.1, -0.05) is 34.6 Å². The first-order chi connectivity index (χ1) is 11.2. The van der Waals surface area contributed by atoms with Gasteiger partial charge >= 0.3 is 0 Å². The minimum absolute atomic E-state index is 0.00165. The molecule has 0 aromatic carbocycles. The van der Waals surface area contributed by atoms with Crippen molar-refractivity contribution in [1.82, 2.24) is 10.6 Å². The van der Waals surface area contributed by atoms with Crippen molar-refractivity contribution in [1.29, 1.82) is 0 Å². The summed E-state index contributed by atoms with van der Waals surface area (Å²) in [6.45, 7) is 11.9. The summed E-state index contributed by atoms with van der Waals surface area (Å²) < 4.78 is 10.7. The van der Waals surface area contributed by atoms with Crippen molar-refractivity contribution in [3.8, 4) is 0 Å². The van der Waals surface area contributed by atoms with Gasteiger partial charge in [-0.15, -0.1) is 0 Å². The van der Waals surface area contributed by atoms with Gasteiger partial charge in [0.15, 0.2) is 0 Å². The van der Waals surface area contributed by atoms with E-state index in [2.05, 4.69) is 10.6 Å². The summed E-state index contributed by atoms with van der Waals surface area (Å²) in [5.74, 6) is 0.422. The molecule has 6 heteroatoms. The summed E-state index contributed by atoms with van der Waals surface area (Å²) in [5, 5.41) is 5.49. The highest BCUT2D eigenvalue weighted by Gasteiger charge is 2.15. The van der Waals surface area contributed by atoms with E-state index in [1.807, 2.05) is 34.6 Å². The zero-order chi connectivity index (χ0) is 18.4. The van der Waals surface area contributed by atoms with Gasteiger partial charge in [0, 0.05) is 26.1 Å². The molecule has 2 N–H and O–H groups in total. The first-order valence-corrected chi connectivity index (χ1v) is 8.89. The quantitative estimate of drug-likeness (QED) is 0.398. The van der Waals surface area contributed by atoms with Crippen molar-refractivity contribution in [2.75, 3.05) is 26.7 Å². The van der Waals surface area contributed by atoms with Gasteiger partial charge in [0.1, 0.15) is 13.5 Å². The Balaban J connectivity index is 3.29. The van der Waals surface area contributed by atoms with Crippen LogP contribution in [0.1, 0.15) is 66.7 Å². The van der Waals surface area contributed by atoms with Crippen LogP contribution in [0, 0.1) is 11.3 Å². The van der Waals surface area contributed by atoms with Crippen molar-refractivity contribution >= 4 is 11.8 Å². The summed E-state index contributed by atoms with van der Waals surface area (Å²) in [7, 11) is 0. The van der Waals surface area contributed by atoms with Crippen molar-refractivity contribution in [2.45, 2.75) is 66.7 Å². The molecule has 0 aromatic heterocycles. The SMILES string of the molecule is CC(C)CC(=O)NCOCCCCCOCNC(=O)CC(C)(C)C. The summed E-state index contributed by atoms with van der Waals surface area (Å²) >= 11 is 0. The lowest BCUT2D eigenvalue weighted by Gasteiger charge is -2.17. The standard InChI is InChI=1S/C18H36N2O4/c1-15(2)11-16(21)19-13-23-9-7-6-8-10-24-14-20-17(22)12-18(3,4)5/h15H,6-14H2,1-5H3,(H,19,21)(H,20,22). The van der Waals surface area contributed by atoms with E-state index < -0.39 is 0 Å². The molecule has 24 heavy (non-hydrogen) atoms. The highest BCUT2D eigenvalue weighted by molar-refractivity contribution is 5.76. The molecule has 0 aliphatic heterocycles. The Morgan fingerprint density at radius 1 is 0.875 bits per heavy atom. The number of rotatable bonds is 13. The molecule has 0 radical (unpaired) electrons. The van der Waals surface area contributed by atoms with E-state index in [0.717, 1.165) is 19.3 Å². The Kier molecular flexibility index (Phi) is 12.6. The largest absolute Gasteiger partial charge is 0.361 e. The molecule has 0 aliphatic rings. The molecule has 142 valence electrons. The molecule has 0 aliphatic carbocycles.